The highest BCUT2D eigenvalue weighted by Crippen LogP contribution is 2.22. The van der Waals surface area contributed by atoms with E-state index in [4.69, 9.17) is 16.0 Å². The molecule has 0 unspecified atom stereocenters. The Bertz CT molecular complexity index is 1070. The van der Waals surface area contributed by atoms with Crippen molar-refractivity contribution in [3.8, 4) is 11.3 Å². The molecule has 118 valence electrons. The Balaban J connectivity index is 1.66. The van der Waals surface area contributed by atoms with Gasteiger partial charge in [-0.3, -0.25) is 4.79 Å². The van der Waals surface area contributed by atoms with Gasteiger partial charge < -0.3 is 4.42 Å². The van der Waals surface area contributed by atoms with Crippen molar-refractivity contribution in [2.75, 3.05) is 0 Å². The molecule has 4 rings (SSSR count). The van der Waals surface area contributed by atoms with Gasteiger partial charge >= 0.3 is 0 Å². The summed E-state index contributed by atoms with van der Waals surface area (Å²) < 4.78 is 7.07. The Hall–Kier alpha value is -2.92. The van der Waals surface area contributed by atoms with E-state index in [1.807, 2.05) is 30.3 Å². The minimum absolute atomic E-state index is 0.167. The molecule has 2 heterocycles. The van der Waals surface area contributed by atoms with Gasteiger partial charge in [-0.05, 0) is 30.3 Å². The molecule has 0 bridgehead atoms. The maximum Gasteiger partial charge on any atom is 0.275 e. The van der Waals surface area contributed by atoms with E-state index in [0.717, 1.165) is 10.9 Å². The molecule has 0 atom stereocenters. The quantitative estimate of drug-likeness (QED) is 0.571. The summed E-state index contributed by atoms with van der Waals surface area (Å²) in [6.07, 6.45) is 3.30. The first-order valence-corrected chi connectivity index (χ1v) is 7.74. The van der Waals surface area contributed by atoms with Crippen LogP contribution in [0.5, 0.6) is 0 Å². The first kappa shape index (κ1) is 14.7. The van der Waals surface area contributed by atoms with Crippen LogP contribution in [-0.2, 0) is 6.54 Å². The minimum Gasteiger partial charge on any atom is -0.439 e. The Morgan fingerprint density at radius 3 is 2.67 bits per heavy atom. The highest BCUT2D eigenvalue weighted by molar-refractivity contribution is 6.30. The number of aromatic nitrogens is 3. The van der Waals surface area contributed by atoms with E-state index < -0.39 is 0 Å². The first-order valence-electron chi connectivity index (χ1n) is 7.36. The topological polar surface area (TPSA) is 60.9 Å². The number of halogens is 1. The lowest BCUT2D eigenvalue weighted by Gasteiger charge is -2.03. The molecule has 0 spiro atoms. The van der Waals surface area contributed by atoms with Crippen LogP contribution in [0, 0.1) is 0 Å². The second-order valence-corrected chi connectivity index (χ2v) is 5.76. The molecule has 6 heteroatoms. The molecule has 0 saturated heterocycles. The van der Waals surface area contributed by atoms with Crippen LogP contribution in [0.25, 0.3) is 22.1 Å². The third kappa shape index (κ3) is 2.70. The standard InChI is InChI=1S/C18H12ClN3O2/c19-14-7-5-12(6-8-14)16-10-20-17(24-16)11-22-18(23)15-4-2-1-3-13(15)9-21-22/h1-10H,11H2. The van der Waals surface area contributed by atoms with Crippen LogP contribution in [0.4, 0.5) is 0 Å². The lowest BCUT2D eigenvalue weighted by Crippen LogP contribution is -2.23. The van der Waals surface area contributed by atoms with Crippen LogP contribution in [0.1, 0.15) is 5.89 Å². The van der Waals surface area contributed by atoms with Crippen LogP contribution in [0.2, 0.25) is 5.02 Å². The van der Waals surface area contributed by atoms with Gasteiger partial charge in [-0.2, -0.15) is 5.10 Å². The molecule has 0 saturated carbocycles. The third-order valence-electron chi connectivity index (χ3n) is 3.73. The van der Waals surface area contributed by atoms with Crippen molar-refractivity contribution in [3.63, 3.8) is 0 Å². The van der Waals surface area contributed by atoms with Gasteiger partial charge in [-0.15, -0.1) is 0 Å². The fraction of sp³-hybridized carbons (Fsp3) is 0.0556. The van der Waals surface area contributed by atoms with Gasteiger partial charge in [0.1, 0.15) is 6.54 Å². The highest BCUT2D eigenvalue weighted by atomic mass is 35.5. The zero-order valence-corrected chi connectivity index (χ0v) is 13.3. The summed E-state index contributed by atoms with van der Waals surface area (Å²) >= 11 is 5.88. The molecule has 0 aliphatic heterocycles. The largest absolute Gasteiger partial charge is 0.439 e. The third-order valence-corrected chi connectivity index (χ3v) is 3.98. The number of oxazole rings is 1. The van der Waals surface area contributed by atoms with Crippen molar-refractivity contribution in [2.45, 2.75) is 6.54 Å². The van der Waals surface area contributed by atoms with E-state index in [9.17, 15) is 4.79 Å². The zero-order valence-electron chi connectivity index (χ0n) is 12.5. The second kappa shape index (κ2) is 5.94. The van der Waals surface area contributed by atoms with Gasteiger partial charge in [-0.25, -0.2) is 9.67 Å². The van der Waals surface area contributed by atoms with Gasteiger partial charge in [0.05, 0.1) is 17.8 Å². The zero-order chi connectivity index (χ0) is 16.5. The smallest absolute Gasteiger partial charge is 0.275 e. The number of hydrogen-bond donors (Lipinski definition) is 0. The molecular formula is C18H12ClN3O2. The van der Waals surface area contributed by atoms with Gasteiger partial charge in [0, 0.05) is 16.0 Å². The van der Waals surface area contributed by atoms with Crippen molar-refractivity contribution in [3.05, 3.63) is 82.2 Å². The summed E-state index contributed by atoms with van der Waals surface area (Å²) in [4.78, 5) is 16.7. The average Bonchev–Trinajstić information content (AvgIpc) is 3.07. The maximum absolute atomic E-state index is 12.5. The van der Waals surface area contributed by atoms with Gasteiger partial charge in [0.15, 0.2) is 5.76 Å². The van der Waals surface area contributed by atoms with E-state index in [2.05, 4.69) is 10.1 Å². The number of fused-ring (bicyclic) bond motifs is 1. The van der Waals surface area contributed by atoms with Crippen molar-refractivity contribution in [1.82, 2.24) is 14.8 Å². The molecule has 0 N–H and O–H groups in total. The Kier molecular flexibility index (Phi) is 3.63. The summed E-state index contributed by atoms with van der Waals surface area (Å²) in [6, 6.07) is 14.6. The monoisotopic (exact) mass is 337 g/mol. The minimum atomic E-state index is -0.167. The predicted octanol–water partition coefficient (Wildman–Crippen LogP) is 3.75. The van der Waals surface area contributed by atoms with Gasteiger partial charge in [-0.1, -0.05) is 29.8 Å². The number of benzene rings is 2. The van der Waals surface area contributed by atoms with Crippen LogP contribution in [-0.4, -0.2) is 14.8 Å². The SMILES string of the molecule is O=c1c2ccccc2cnn1Cc1ncc(-c2ccc(Cl)cc2)o1. The Labute approximate surface area is 142 Å². The molecular weight excluding hydrogens is 326 g/mol. The molecule has 5 nitrogen and oxygen atoms in total. The van der Waals surface area contributed by atoms with E-state index in [-0.39, 0.29) is 12.1 Å². The van der Waals surface area contributed by atoms with E-state index >= 15 is 0 Å². The number of hydrogen-bond acceptors (Lipinski definition) is 4. The van der Waals surface area contributed by atoms with E-state index in [0.29, 0.717) is 22.1 Å². The highest BCUT2D eigenvalue weighted by Gasteiger charge is 2.10. The molecule has 0 radical (unpaired) electrons. The maximum atomic E-state index is 12.5. The summed E-state index contributed by atoms with van der Waals surface area (Å²) in [7, 11) is 0. The van der Waals surface area contributed by atoms with Gasteiger partial charge in [0.2, 0.25) is 5.89 Å². The normalized spacial score (nSPS) is 11.0. The molecule has 2 aromatic carbocycles. The molecule has 0 aliphatic carbocycles. The summed E-state index contributed by atoms with van der Waals surface area (Å²) in [5.41, 5.74) is 0.705. The summed E-state index contributed by atoms with van der Waals surface area (Å²) in [5.74, 6) is 1.04. The lowest BCUT2D eigenvalue weighted by molar-refractivity contribution is 0.467. The molecule has 0 aliphatic rings. The molecule has 0 fully saturated rings. The summed E-state index contributed by atoms with van der Waals surface area (Å²) in [5, 5.41) is 6.27. The first-order chi connectivity index (χ1) is 11.7. The lowest BCUT2D eigenvalue weighted by atomic mass is 10.2. The van der Waals surface area contributed by atoms with Crippen LogP contribution in [0.3, 0.4) is 0 Å². The van der Waals surface area contributed by atoms with Crippen molar-refractivity contribution in [2.24, 2.45) is 0 Å². The molecule has 4 aromatic rings. The number of nitrogens with zero attached hydrogens (tertiary/aromatic N) is 3. The molecule has 0 amide bonds. The van der Waals surface area contributed by atoms with Gasteiger partial charge in [0.25, 0.3) is 5.56 Å². The van der Waals surface area contributed by atoms with Crippen LogP contribution >= 0.6 is 11.6 Å². The average molecular weight is 338 g/mol. The van der Waals surface area contributed by atoms with E-state index in [1.165, 1.54) is 4.68 Å². The fourth-order valence-corrected chi connectivity index (χ4v) is 2.63. The molecule has 24 heavy (non-hydrogen) atoms. The van der Waals surface area contributed by atoms with Crippen LogP contribution < -0.4 is 5.56 Å². The summed E-state index contributed by atoms with van der Waals surface area (Å²) in [6.45, 7) is 0.178. The van der Waals surface area contributed by atoms with E-state index in [1.54, 1.807) is 30.6 Å². The fourth-order valence-electron chi connectivity index (χ4n) is 2.50. The number of rotatable bonds is 3. The van der Waals surface area contributed by atoms with Crippen molar-refractivity contribution < 1.29 is 4.42 Å². The van der Waals surface area contributed by atoms with Crippen molar-refractivity contribution >= 4 is 22.4 Å². The van der Waals surface area contributed by atoms with Crippen LogP contribution in [0.15, 0.2) is 70.1 Å². The predicted molar refractivity (Wildman–Crippen MR) is 92.1 cm³/mol. The Morgan fingerprint density at radius 1 is 1.04 bits per heavy atom. The Morgan fingerprint density at radius 2 is 1.83 bits per heavy atom. The second-order valence-electron chi connectivity index (χ2n) is 5.32. The van der Waals surface area contributed by atoms with Crippen molar-refractivity contribution in [1.29, 1.82) is 0 Å². The molecule has 2 aromatic heterocycles.